The van der Waals surface area contributed by atoms with Crippen LogP contribution >= 0.6 is 11.8 Å². The number of benzene rings is 1. The molecule has 1 aromatic rings. The van der Waals surface area contributed by atoms with E-state index in [1.165, 1.54) is 0 Å². The van der Waals surface area contributed by atoms with Crippen molar-refractivity contribution >= 4 is 23.4 Å². The molecule has 24 heavy (non-hydrogen) atoms. The summed E-state index contributed by atoms with van der Waals surface area (Å²) in [6.07, 6.45) is 0.781. The molecular weight excluding hydrogens is 322 g/mol. The number of nitrogens with one attached hydrogen (secondary N) is 1. The van der Waals surface area contributed by atoms with E-state index in [0.29, 0.717) is 13.0 Å². The maximum absolute atomic E-state index is 12.4. The number of nitrogens with zero attached hydrogens (tertiary/aromatic N) is 2. The van der Waals surface area contributed by atoms with Crippen LogP contribution in [0.4, 0.5) is 5.69 Å². The molecule has 0 spiro atoms. The largest absolute Gasteiger partial charge is 0.373 e. The van der Waals surface area contributed by atoms with E-state index >= 15 is 0 Å². The minimum Gasteiger partial charge on any atom is -0.373 e. The monoisotopic (exact) mass is 347 g/mol. The molecule has 0 unspecified atom stereocenters. The van der Waals surface area contributed by atoms with Crippen molar-refractivity contribution in [2.75, 3.05) is 25.0 Å². The quantitative estimate of drug-likeness (QED) is 0.801. The molecule has 0 aliphatic carbocycles. The van der Waals surface area contributed by atoms with Gasteiger partial charge in [-0.15, -0.1) is 11.8 Å². The summed E-state index contributed by atoms with van der Waals surface area (Å²) in [7, 11) is 0. The molecule has 1 heterocycles. The fraction of sp³-hybridized carbons (Fsp3) is 0.556. The van der Waals surface area contributed by atoms with Crippen molar-refractivity contribution in [3.63, 3.8) is 0 Å². The van der Waals surface area contributed by atoms with Gasteiger partial charge < -0.3 is 10.1 Å². The van der Waals surface area contributed by atoms with Crippen molar-refractivity contribution in [1.82, 2.24) is 4.90 Å². The summed E-state index contributed by atoms with van der Waals surface area (Å²) in [4.78, 5) is 15.5. The van der Waals surface area contributed by atoms with Crippen molar-refractivity contribution in [3.05, 3.63) is 24.3 Å². The number of rotatable bonds is 6. The van der Waals surface area contributed by atoms with Gasteiger partial charge in [-0.05, 0) is 26.0 Å². The maximum atomic E-state index is 12.4. The molecule has 130 valence electrons. The summed E-state index contributed by atoms with van der Waals surface area (Å²) in [5.41, 5.74) is 0.812. The van der Waals surface area contributed by atoms with Crippen LogP contribution < -0.4 is 5.32 Å². The van der Waals surface area contributed by atoms with Crippen molar-refractivity contribution in [2.24, 2.45) is 0 Å². The Morgan fingerprint density at radius 1 is 1.42 bits per heavy atom. The van der Waals surface area contributed by atoms with Gasteiger partial charge in [-0.3, -0.25) is 9.69 Å². The summed E-state index contributed by atoms with van der Waals surface area (Å²) in [6.45, 7) is 7.99. The summed E-state index contributed by atoms with van der Waals surface area (Å²) in [5.74, 6) is -0.0164. The molecule has 0 bridgehead atoms. The Labute approximate surface area is 148 Å². The van der Waals surface area contributed by atoms with Gasteiger partial charge in [0, 0.05) is 29.7 Å². The van der Waals surface area contributed by atoms with Gasteiger partial charge in [0.2, 0.25) is 5.91 Å². The van der Waals surface area contributed by atoms with E-state index in [1.807, 2.05) is 45.0 Å². The predicted molar refractivity (Wildman–Crippen MR) is 97.1 cm³/mol. The Balaban J connectivity index is 1.95. The first-order valence-corrected chi connectivity index (χ1v) is 9.16. The first-order valence-electron chi connectivity index (χ1n) is 8.28. The number of hydrogen-bond acceptors (Lipinski definition) is 5. The lowest BCUT2D eigenvalue weighted by molar-refractivity contribution is -0.121. The molecule has 0 saturated carbocycles. The van der Waals surface area contributed by atoms with Crippen LogP contribution in [0.1, 0.15) is 27.2 Å². The number of para-hydroxylation sites is 1. The number of morpholine rings is 1. The number of ether oxygens (including phenoxy) is 1. The zero-order chi connectivity index (χ0) is 17.5. The zero-order valence-corrected chi connectivity index (χ0v) is 15.3. The Bertz CT molecular complexity index is 592. The molecule has 1 amide bonds. The third kappa shape index (κ3) is 5.82. The van der Waals surface area contributed by atoms with Crippen LogP contribution in [0, 0.1) is 11.3 Å². The van der Waals surface area contributed by atoms with Crippen LogP contribution in [0.3, 0.4) is 0 Å². The van der Waals surface area contributed by atoms with Gasteiger partial charge in [-0.1, -0.05) is 19.1 Å². The Morgan fingerprint density at radius 3 is 2.75 bits per heavy atom. The lowest BCUT2D eigenvalue weighted by Gasteiger charge is -2.34. The third-order valence-corrected chi connectivity index (χ3v) is 4.91. The molecule has 6 heteroatoms. The van der Waals surface area contributed by atoms with E-state index < -0.39 is 0 Å². The fourth-order valence-corrected chi connectivity index (χ4v) is 3.86. The normalized spacial score (nSPS) is 22.6. The number of carbonyl (C=O) groups is 1. The standard InChI is InChI=1S/C18H25N3O2S/c1-13-10-21(11-14(2)23-13)12-18(22)20-16-6-4-5-7-17(16)24-15(3)8-9-19/h4-7,13-15H,8,10-12H2,1-3H3,(H,20,22)/t13-,14-,15-/m1/s1. The molecular formula is C18H25N3O2S. The topological polar surface area (TPSA) is 65.4 Å². The first-order chi connectivity index (χ1) is 11.5. The average Bonchev–Trinajstić information content (AvgIpc) is 2.48. The number of amides is 1. The van der Waals surface area contributed by atoms with Gasteiger partial charge in [0.05, 0.1) is 30.5 Å². The average molecular weight is 347 g/mol. The highest BCUT2D eigenvalue weighted by atomic mass is 32.2. The SMILES string of the molecule is C[C@@H]1CN(CC(=O)Nc2ccccc2S[C@H](C)CC#N)C[C@@H](C)O1. The lowest BCUT2D eigenvalue weighted by atomic mass is 10.2. The van der Waals surface area contributed by atoms with Gasteiger partial charge in [0.15, 0.2) is 0 Å². The molecule has 2 rings (SSSR count). The molecule has 1 aromatic carbocycles. The van der Waals surface area contributed by atoms with Gasteiger partial charge >= 0.3 is 0 Å². The number of hydrogen-bond donors (Lipinski definition) is 1. The van der Waals surface area contributed by atoms with Crippen molar-refractivity contribution in [3.8, 4) is 6.07 Å². The van der Waals surface area contributed by atoms with E-state index in [2.05, 4.69) is 16.3 Å². The highest BCUT2D eigenvalue weighted by Gasteiger charge is 2.23. The third-order valence-electron chi connectivity index (χ3n) is 3.73. The Morgan fingerprint density at radius 2 is 2.08 bits per heavy atom. The van der Waals surface area contributed by atoms with Gasteiger partial charge in [0.1, 0.15) is 0 Å². The first kappa shape index (κ1) is 18.8. The van der Waals surface area contributed by atoms with Crippen LogP contribution in [0.25, 0.3) is 0 Å². The molecule has 0 aromatic heterocycles. The van der Waals surface area contributed by atoms with E-state index in [4.69, 9.17) is 10.00 Å². The van der Waals surface area contributed by atoms with Gasteiger partial charge in [-0.2, -0.15) is 5.26 Å². The van der Waals surface area contributed by atoms with Gasteiger partial charge in [-0.25, -0.2) is 0 Å². The van der Waals surface area contributed by atoms with Gasteiger partial charge in [0.25, 0.3) is 0 Å². The predicted octanol–water partition coefficient (Wildman–Crippen LogP) is 3.13. The van der Waals surface area contributed by atoms with Crippen LogP contribution in [0.2, 0.25) is 0 Å². The highest BCUT2D eigenvalue weighted by Crippen LogP contribution is 2.31. The highest BCUT2D eigenvalue weighted by molar-refractivity contribution is 8.00. The molecule has 0 radical (unpaired) electrons. The summed E-state index contributed by atoms with van der Waals surface area (Å²) >= 11 is 1.61. The number of thioether (sulfide) groups is 1. The number of nitriles is 1. The molecule has 5 nitrogen and oxygen atoms in total. The van der Waals surface area contributed by atoms with Crippen LogP contribution in [0.5, 0.6) is 0 Å². The minimum absolute atomic E-state index is 0.0164. The maximum Gasteiger partial charge on any atom is 0.238 e. The second-order valence-corrected chi connectivity index (χ2v) is 7.77. The summed E-state index contributed by atoms with van der Waals surface area (Å²) in [5, 5.41) is 12.0. The van der Waals surface area contributed by atoms with E-state index in [0.717, 1.165) is 23.7 Å². The molecule has 1 saturated heterocycles. The van der Waals surface area contributed by atoms with Crippen molar-refractivity contribution in [1.29, 1.82) is 5.26 Å². The van der Waals surface area contributed by atoms with Crippen LogP contribution in [0.15, 0.2) is 29.2 Å². The lowest BCUT2D eigenvalue weighted by Crippen LogP contribution is -2.48. The van der Waals surface area contributed by atoms with E-state index in [9.17, 15) is 4.79 Å². The van der Waals surface area contributed by atoms with Crippen molar-refractivity contribution in [2.45, 2.75) is 49.5 Å². The number of anilines is 1. The second kappa shape index (κ2) is 9.07. The Hall–Kier alpha value is -1.55. The smallest absolute Gasteiger partial charge is 0.238 e. The minimum atomic E-state index is -0.0164. The Kier molecular flexibility index (Phi) is 7.10. The molecule has 3 atom stereocenters. The number of carbonyl (C=O) groups excluding carboxylic acids is 1. The molecule has 1 aliphatic heterocycles. The molecule has 1 N–H and O–H groups in total. The molecule has 1 fully saturated rings. The summed E-state index contributed by atoms with van der Waals surface area (Å²) in [6, 6.07) is 9.93. The fourth-order valence-electron chi connectivity index (χ4n) is 2.87. The second-order valence-electron chi connectivity index (χ2n) is 6.29. The van der Waals surface area contributed by atoms with E-state index in [1.54, 1.807) is 11.8 Å². The van der Waals surface area contributed by atoms with Crippen molar-refractivity contribution < 1.29 is 9.53 Å². The van der Waals surface area contributed by atoms with Crippen LogP contribution in [-0.4, -0.2) is 47.9 Å². The summed E-state index contributed by atoms with van der Waals surface area (Å²) < 4.78 is 5.70. The molecule has 1 aliphatic rings. The zero-order valence-electron chi connectivity index (χ0n) is 14.5. The van der Waals surface area contributed by atoms with Crippen LogP contribution in [-0.2, 0) is 9.53 Å². The van der Waals surface area contributed by atoms with E-state index in [-0.39, 0.29) is 23.4 Å².